The third-order valence-corrected chi connectivity index (χ3v) is 4.62. The van der Waals surface area contributed by atoms with Gasteiger partial charge in [-0.15, -0.1) is 21.5 Å². The fourth-order valence-corrected chi connectivity index (χ4v) is 3.51. The zero-order valence-electron chi connectivity index (χ0n) is 8.49. The van der Waals surface area contributed by atoms with E-state index in [4.69, 9.17) is 0 Å². The zero-order chi connectivity index (χ0) is 9.97. The number of rotatable bonds is 3. The number of hydrogen-bond acceptors (Lipinski definition) is 5. The molecule has 0 bridgehead atoms. The van der Waals surface area contributed by atoms with Gasteiger partial charge in [0, 0.05) is 17.8 Å². The van der Waals surface area contributed by atoms with E-state index in [1.54, 1.807) is 11.3 Å². The lowest BCUT2D eigenvalue weighted by Gasteiger charge is -2.14. The smallest absolute Gasteiger partial charge is 0.131 e. The fourth-order valence-electron chi connectivity index (χ4n) is 1.63. The molecule has 0 saturated carbocycles. The van der Waals surface area contributed by atoms with Crippen LogP contribution in [0, 0.1) is 6.92 Å². The van der Waals surface area contributed by atoms with Crippen LogP contribution in [0.25, 0.3) is 0 Å². The van der Waals surface area contributed by atoms with Crippen LogP contribution in [0.3, 0.4) is 0 Å². The van der Waals surface area contributed by atoms with Crippen LogP contribution in [0.15, 0.2) is 0 Å². The molecule has 1 aliphatic heterocycles. The SMILES string of the molecule is Cc1nnc(CNC2CCSC2C)s1. The second kappa shape index (κ2) is 4.59. The van der Waals surface area contributed by atoms with Crippen LogP contribution < -0.4 is 5.32 Å². The highest BCUT2D eigenvalue weighted by Crippen LogP contribution is 2.26. The highest BCUT2D eigenvalue weighted by molar-refractivity contribution is 8.00. The first-order chi connectivity index (χ1) is 6.75. The summed E-state index contributed by atoms with van der Waals surface area (Å²) in [6.07, 6.45) is 1.28. The predicted octanol–water partition coefficient (Wildman–Crippen LogP) is 1.83. The Morgan fingerprint density at radius 2 is 2.36 bits per heavy atom. The Hall–Kier alpha value is -0.130. The van der Waals surface area contributed by atoms with Gasteiger partial charge in [0.2, 0.25) is 0 Å². The van der Waals surface area contributed by atoms with E-state index < -0.39 is 0 Å². The van der Waals surface area contributed by atoms with Gasteiger partial charge in [-0.25, -0.2) is 0 Å². The van der Waals surface area contributed by atoms with Crippen molar-refractivity contribution in [3.63, 3.8) is 0 Å². The van der Waals surface area contributed by atoms with Crippen LogP contribution in [0.2, 0.25) is 0 Å². The molecule has 2 rings (SSSR count). The van der Waals surface area contributed by atoms with Crippen LogP contribution in [-0.2, 0) is 6.54 Å². The van der Waals surface area contributed by atoms with Gasteiger partial charge in [-0.05, 0) is 19.1 Å². The minimum atomic E-state index is 0.657. The molecule has 5 heteroatoms. The Morgan fingerprint density at radius 1 is 1.50 bits per heavy atom. The molecule has 1 aromatic heterocycles. The molecule has 0 aliphatic carbocycles. The molecule has 0 radical (unpaired) electrons. The summed E-state index contributed by atoms with van der Waals surface area (Å²) in [5.74, 6) is 1.29. The lowest BCUT2D eigenvalue weighted by molar-refractivity contribution is 0.511. The van der Waals surface area contributed by atoms with Gasteiger partial charge in [0.05, 0.1) is 0 Å². The van der Waals surface area contributed by atoms with Crippen LogP contribution >= 0.6 is 23.1 Å². The Labute approximate surface area is 92.7 Å². The minimum absolute atomic E-state index is 0.657. The average molecular weight is 229 g/mol. The van der Waals surface area contributed by atoms with Crippen molar-refractivity contribution in [2.75, 3.05) is 5.75 Å². The monoisotopic (exact) mass is 229 g/mol. The van der Waals surface area contributed by atoms with E-state index in [-0.39, 0.29) is 0 Å². The summed E-state index contributed by atoms with van der Waals surface area (Å²) >= 11 is 3.73. The van der Waals surface area contributed by atoms with E-state index >= 15 is 0 Å². The summed E-state index contributed by atoms with van der Waals surface area (Å²) in [7, 11) is 0. The lowest BCUT2D eigenvalue weighted by atomic mass is 10.2. The third kappa shape index (κ3) is 2.46. The van der Waals surface area contributed by atoms with Crippen LogP contribution in [0.1, 0.15) is 23.4 Å². The topological polar surface area (TPSA) is 37.8 Å². The Balaban J connectivity index is 1.82. The second-order valence-corrected chi connectivity index (χ2v) is 6.32. The molecule has 0 aromatic carbocycles. The number of aryl methyl sites for hydroxylation is 1. The quantitative estimate of drug-likeness (QED) is 0.858. The summed E-state index contributed by atoms with van der Waals surface area (Å²) < 4.78 is 0. The van der Waals surface area contributed by atoms with Gasteiger partial charge in [-0.2, -0.15) is 11.8 Å². The summed E-state index contributed by atoms with van der Waals surface area (Å²) in [5, 5.41) is 14.5. The molecule has 14 heavy (non-hydrogen) atoms. The molecule has 78 valence electrons. The van der Waals surface area contributed by atoms with Crippen molar-refractivity contribution in [2.24, 2.45) is 0 Å². The molecule has 2 unspecified atom stereocenters. The van der Waals surface area contributed by atoms with Gasteiger partial charge in [0.15, 0.2) is 0 Å². The minimum Gasteiger partial charge on any atom is -0.306 e. The van der Waals surface area contributed by atoms with Gasteiger partial charge < -0.3 is 5.32 Å². The van der Waals surface area contributed by atoms with Crippen LogP contribution in [0.5, 0.6) is 0 Å². The molecule has 1 aliphatic rings. The lowest BCUT2D eigenvalue weighted by Crippen LogP contribution is -2.32. The molecule has 0 spiro atoms. The summed E-state index contributed by atoms with van der Waals surface area (Å²) in [5.41, 5.74) is 0. The molecule has 2 heterocycles. The van der Waals surface area contributed by atoms with Crippen molar-refractivity contribution in [3.8, 4) is 0 Å². The first-order valence-electron chi connectivity index (χ1n) is 4.89. The molecule has 1 fully saturated rings. The standard InChI is InChI=1S/C9H15N3S2/c1-6-8(3-4-13-6)10-5-9-12-11-7(2)14-9/h6,8,10H,3-5H2,1-2H3. The van der Waals surface area contributed by atoms with Crippen molar-refractivity contribution < 1.29 is 0 Å². The molecule has 1 saturated heterocycles. The molecule has 1 aromatic rings. The number of aromatic nitrogens is 2. The summed E-state index contributed by atoms with van der Waals surface area (Å²) in [4.78, 5) is 0. The van der Waals surface area contributed by atoms with E-state index in [2.05, 4.69) is 34.2 Å². The largest absolute Gasteiger partial charge is 0.306 e. The number of thioether (sulfide) groups is 1. The Morgan fingerprint density at radius 3 is 2.93 bits per heavy atom. The Kier molecular flexibility index (Phi) is 3.41. The van der Waals surface area contributed by atoms with Crippen molar-refractivity contribution in [1.29, 1.82) is 0 Å². The highest BCUT2D eigenvalue weighted by atomic mass is 32.2. The predicted molar refractivity (Wildman–Crippen MR) is 61.8 cm³/mol. The molecule has 3 nitrogen and oxygen atoms in total. The highest BCUT2D eigenvalue weighted by Gasteiger charge is 2.23. The van der Waals surface area contributed by atoms with E-state index in [1.807, 2.05) is 6.92 Å². The zero-order valence-corrected chi connectivity index (χ0v) is 10.1. The van der Waals surface area contributed by atoms with Gasteiger partial charge in [0.25, 0.3) is 0 Å². The number of nitrogens with zero attached hydrogens (tertiary/aromatic N) is 2. The van der Waals surface area contributed by atoms with E-state index in [9.17, 15) is 0 Å². The molecule has 1 N–H and O–H groups in total. The van der Waals surface area contributed by atoms with Gasteiger partial charge in [-0.3, -0.25) is 0 Å². The van der Waals surface area contributed by atoms with Crippen molar-refractivity contribution >= 4 is 23.1 Å². The van der Waals surface area contributed by atoms with Crippen LogP contribution in [-0.4, -0.2) is 27.2 Å². The van der Waals surface area contributed by atoms with Crippen molar-refractivity contribution in [2.45, 2.75) is 38.1 Å². The third-order valence-electron chi connectivity index (χ3n) is 2.46. The fraction of sp³-hybridized carbons (Fsp3) is 0.778. The number of nitrogens with one attached hydrogen (secondary N) is 1. The first kappa shape index (κ1) is 10.4. The van der Waals surface area contributed by atoms with Gasteiger partial charge in [-0.1, -0.05) is 6.92 Å². The van der Waals surface area contributed by atoms with E-state index in [1.165, 1.54) is 12.2 Å². The average Bonchev–Trinajstić information content (AvgIpc) is 2.72. The maximum atomic E-state index is 4.10. The van der Waals surface area contributed by atoms with Crippen LogP contribution in [0.4, 0.5) is 0 Å². The summed E-state index contributed by atoms with van der Waals surface area (Å²) in [6.45, 7) is 5.16. The molecular formula is C9H15N3S2. The first-order valence-corrected chi connectivity index (χ1v) is 6.76. The maximum Gasteiger partial charge on any atom is 0.131 e. The van der Waals surface area contributed by atoms with E-state index in [0.29, 0.717) is 6.04 Å². The normalized spacial score (nSPS) is 27.0. The molecule has 2 atom stereocenters. The number of hydrogen-bond donors (Lipinski definition) is 1. The Bertz CT molecular complexity index is 300. The van der Waals surface area contributed by atoms with E-state index in [0.717, 1.165) is 21.8 Å². The summed E-state index contributed by atoms with van der Waals surface area (Å²) in [6, 6.07) is 0.657. The van der Waals surface area contributed by atoms with Gasteiger partial charge >= 0.3 is 0 Å². The maximum absolute atomic E-state index is 4.10. The molecular weight excluding hydrogens is 214 g/mol. The molecule has 0 amide bonds. The second-order valence-electron chi connectivity index (χ2n) is 3.57. The van der Waals surface area contributed by atoms with Crippen molar-refractivity contribution in [1.82, 2.24) is 15.5 Å². The van der Waals surface area contributed by atoms with Crippen molar-refractivity contribution in [3.05, 3.63) is 10.0 Å². The van der Waals surface area contributed by atoms with Gasteiger partial charge in [0.1, 0.15) is 10.0 Å².